The number of aromatic nitrogens is 2. The van der Waals surface area contributed by atoms with Crippen LogP contribution in [0, 0.1) is 24.7 Å². The van der Waals surface area contributed by atoms with Crippen LogP contribution in [0.4, 0.5) is 5.82 Å². The standard InChI is InChI=1S/C35H48N4.C8H16N2/c1-6-28-16-17-33(37-25(28)4)30-14-12-27(13-15-30)23-39(26(5)29-10-8-7-9-11-29)35-22-31(20-21-36-35)34-19-18-32(38-34)24(2)3;1-8(2)10-6-4-9(3)5-7-10/h16-17,19-22,24,27,29-30H,5-15,18,23H2,1-4H3;1,4-7H2,2-3H3. The summed E-state index contributed by atoms with van der Waals surface area (Å²) in [5.74, 6) is 3.35. The summed E-state index contributed by atoms with van der Waals surface area (Å²) in [7, 11) is 2.16. The molecule has 0 spiro atoms. The van der Waals surface area contributed by atoms with E-state index in [4.69, 9.17) is 21.5 Å². The number of aryl methyl sites for hydroxylation is 2. The van der Waals surface area contributed by atoms with Gasteiger partial charge in [0.25, 0.3) is 0 Å². The molecule has 0 aromatic carbocycles. The summed E-state index contributed by atoms with van der Waals surface area (Å²) in [5, 5.41) is 0. The van der Waals surface area contributed by atoms with E-state index < -0.39 is 0 Å². The Kier molecular flexibility index (Phi) is 13.3. The van der Waals surface area contributed by atoms with E-state index in [2.05, 4.69) is 93.3 Å². The second kappa shape index (κ2) is 17.6. The van der Waals surface area contributed by atoms with Crippen LogP contribution in [0.15, 0.2) is 66.1 Å². The number of nitrogens with zero attached hydrogens (tertiary/aromatic N) is 6. The van der Waals surface area contributed by atoms with Gasteiger partial charge in [-0.1, -0.05) is 65.3 Å². The van der Waals surface area contributed by atoms with Crippen molar-refractivity contribution in [2.45, 2.75) is 111 Å². The van der Waals surface area contributed by atoms with Gasteiger partial charge in [0, 0.05) is 85.3 Å². The van der Waals surface area contributed by atoms with Crippen molar-refractivity contribution in [3.05, 3.63) is 83.6 Å². The summed E-state index contributed by atoms with van der Waals surface area (Å²) in [6.07, 6.45) is 17.7. The zero-order valence-corrected chi connectivity index (χ0v) is 31.7. The van der Waals surface area contributed by atoms with Crippen LogP contribution < -0.4 is 4.90 Å². The second-order valence-electron chi connectivity index (χ2n) is 15.5. The minimum Gasteiger partial charge on any atom is -0.373 e. The number of hydrogen-bond acceptors (Lipinski definition) is 6. The Morgan fingerprint density at radius 2 is 1.67 bits per heavy atom. The zero-order chi connectivity index (χ0) is 34.9. The van der Waals surface area contributed by atoms with E-state index in [1.54, 1.807) is 0 Å². The van der Waals surface area contributed by atoms with E-state index in [0.717, 1.165) is 44.0 Å². The number of pyridine rings is 2. The van der Waals surface area contributed by atoms with E-state index in [-0.39, 0.29) is 0 Å². The summed E-state index contributed by atoms with van der Waals surface area (Å²) < 4.78 is 0. The molecule has 266 valence electrons. The van der Waals surface area contributed by atoms with Gasteiger partial charge in [-0.15, -0.1) is 0 Å². The first-order valence-corrected chi connectivity index (χ1v) is 19.4. The summed E-state index contributed by atoms with van der Waals surface area (Å²) in [4.78, 5) is 22.1. The molecule has 0 bridgehead atoms. The Hall–Kier alpha value is -3.25. The molecule has 0 radical (unpaired) electrons. The van der Waals surface area contributed by atoms with E-state index >= 15 is 0 Å². The fourth-order valence-electron chi connectivity index (χ4n) is 8.03. The maximum Gasteiger partial charge on any atom is 0.133 e. The molecule has 2 aliphatic carbocycles. The highest BCUT2D eigenvalue weighted by atomic mass is 15.2. The average Bonchev–Trinajstić information content (AvgIpc) is 3.63. The highest BCUT2D eigenvalue weighted by Gasteiger charge is 2.29. The van der Waals surface area contributed by atoms with Crippen molar-refractivity contribution in [1.82, 2.24) is 19.8 Å². The second-order valence-corrected chi connectivity index (χ2v) is 15.5. The summed E-state index contributed by atoms with van der Waals surface area (Å²) in [6.45, 7) is 25.2. The van der Waals surface area contributed by atoms with Gasteiger partial charge in [-0.3, -0.25) is 9.98 Å². The molecule has 4 aliphatic rings. The normalized spacial score (nSPS) is 21.9. The third kappa shape index (κ3) is 9.93. The first-order chi connectivity index (χ1) is 23.6. The van der Waals surface area contributed by atoms with Crippen molar-refractivity contribution in [1.29, 1.82) is 0 Å². The quantitative estimate of drug-likeness (QED) is 0.253. The lowest BCUT2D eigenvalue weighted by molar-refractivity contribution is 0.187. The van der Waals surface area contributed by atoms with Crippen LogP contribution in [-0.4, -0.2) is 65.3 Å². The highest BCUT2D eigenvalue weighted by molar-refractivity contribution is 5.97. The van der Waals surface area contributed by atoms with E-state index in [9.17, 15) is 0 Å². The van der Waals surface area contributed by atoms with Gasteiger partial charge in [0.05, 0.1) is 5.70 Å². The topological polar surface area (TPSA) is 47.9 Å². The SMILES string of the molecule is C=C(C)N1CCN(C)CC1.C=C(C1CCCCC1)N(CC1CCC(c2ccc(CC)c(C)n2)CC1)c1cc(C2=CCC(C(C)C)=N2)ccn1. The van der Waals surface area contributed by atoms with Gasteiger partial charge in [0.1, 0.15) is 5.82 Å². The number of likely N-dealkylation sites (N-methyl/N-ethyl adjacent to an activating group) is 1. The van der Waals surface area contributed by atoms with E-state index in [1.165, 1.54) is 110 Å². The van der Waals surface area contributed by atoms with Crippen LogP contribution in [0.2, 0.25) is 0 Å². The third-order valence-electron chi connectivity index (χ3n) is 11.5. The molecule has 4 heterocycles. The maximum absolute atomic E-state index is 5.00. The number of hydrogen-bond donors (Lipinski definition) is 0. The summed E-state index contributed by atoms with van der Waals surface area (Å²) in [6, 6.07) is 8.97. The van der Waals surface area contributed by atoms with Crippen molar-refractivity contribution in [2.75, 3.05) is 44.7 Å². The molecule has 2 saturated carbocycles. The molecule has 0 amide bonds. The molecule has 6 heteroatoms. The van der Waals surface area contributed by atoms with Gasteiger partial charge in [0.2, 0.25) is 0 Å². The molecule has 6 rings (SSSR count). The molecule has 49 heavy (non-hydrogen) atoms. The maximum atomic E-state index is 5.00. The summed E-state index contributed by atoms with van der Waals surface area (Å²) >= 11 is 0. The van der Waals surface area contributed by atoms with Crippen molar-refractivity contribution < 1.29 is 0 Å². The van der Waals surface area contributed by atoms with Crippen LogP contribution in [0.3, 0.4) is 0 Å². The number of allylic oxidation sites excluding steroid dienone is 3. The van der Waals surface area contributed by atoms with E-state index in [1.807, 2.05) is 6.20 Å². The average molecular weight is 665 g/mol. The van der Waals surface area contributed by atoms with Crippen molar-refractivity contribution in [2.24, 2.45) is 22.7 Å². The van der Waals surface area contributed by atoms with Gasteiger partial charge in [-0.25, -0.2) is 4.98 Å². The van der Waals surface area contributed by atoms with Crippen LogP contribution in [-0.2, 0) is 6.42 Å². The van der Waals surface area contributed by atoms with Crippen molar-refractivity contribution in [3.8, 4) is 0 Å². The minimum atomic E-state index is 0.487. The Morgan fingerprint density at radius 3 is 2.29 bits per heavy atom. The molecule has 1 saturated heterocycles. The largest absolute Gasteiger partial charge is 0.373 e. The van der Waals surface area contributed by atoms with Crippen LogP contribution >= 0.6 is 0 Å². The minimum absolute atomic E-state index is 0.487. The number of aliphatic imine (C=N–C) groups is 1. The van der Waals surface area contributed by atoms with Gasteiger partial charge in [0.15, 0.2) is 0 Å². The first-order valence-electron chi connectivity index (χ1n) is 19.4. The predicted molar refractivity (Wildman–Crippen MR) is 209 cm³/mol. The molecular weight excluding hydrogens is 601 g/mol. The zero-order valence-electron chi connectivity index (χ0n) is 31.7. The third-order valence-corrected chi connectivity index (χ3v) is 11.5. The van der Waals surface area contributed by atoms with Gasteiger partial charge < -0.3 is 14.7 Å². The molecule has 0 unspecified atom stereocenters. The number of piperazine rings is 1. The number of rotatable bonds is 10. The number of anilines is 1. The lowest BCUT2D eigenvalue weighted by atomic mass is 9.79. The monoisotopic (exact) mass is 665 g/mol. The lowest BCUT2D eigenvalue weighted by Crippen LogP contribution is -2.43. The first kappa shape index (κ1) is 37.0. The molecule has 3 fully saturated rings. The molecule has 6 nitrogen and oxygen atoms in total. The molecule has 2 aliphatic heterocycles. The van der Waals surface area contributed by atoms with E-state index in [0.29, 0.717) is 23.7 Å². The van der Waals surface area contributed by atoms with Crippen molar-refractivity contribution in [3.63, 3.8) is 0 Å². The Labute approximate surface area is 298 Å². The smallest absolute Gasteiger partial charge is 0.133 e. The Morgan fingerprint density at radius 1 is 0.959 bits per heavy atom. The molecule has 0 atom stereocenters. The van der Waals surface area contributed by atoms with Gasteiger partial charge >= 0.3 is 0 Å². The fourth-order valence-corrected chi connectivity index (χ4v) is 8.03. The lowest BCUT2D eigenvalue weighted by Gasteiger charge is -2.37. The molecular formula is C43H64N6. The van der Waals surface area contributed by atoms with Gasteiger partial charge in [-0.05, 0) is 107 Å². The molecule has 0 N–H and O–H groups in total. The van der Waals surface area contributed by atoms with Crippen molar-refractivity contribution >= 4 is 17.2 Å². The van der Waals surface area contributed by atoms with Gasteiger partial charge in [-0.2, -0.15) is 0 Å². The van der Waals surface area contributed by atoms with Crippen LogP contribution in [0.25, 0.3) is 5.70 Å². The Bertz CT molecular complexity index is 1460. The van der Waals surface area contributed by atoms with Crippen LogP contribution in [0.1, 0.15) is 120 Å². The summed E-state index contributed by atoms with van der Waals surface area (Å²) in [5.41, 5.74) is 9.91. The highest BCUT2D eigenvalue weighted by Crippen LogP contribution is 2.39. The molecule has 2 aromatic rings. The Balaban J connectivity index is 0.000000402. The predicted octanol–water partition coefficient (Wildman–Crippen LogP) is 9.83. The molecule has 2 aromatic heterocycles. The fraction of sp³-hybridized carbons (Fsp3) is 0.605. The van der Waals surface area contributed by atoms with Crippen LogP contribution in [0.5, 0.6) is 0 Å².